The molecule has 2 heterocycles. The summed E-state index contributed by atoms with van der Waals surface area (Å²) in [7, 11) is -1.26. The number of aliphatic imine (C=N–C) groups is 1. The van der Waals surface area contributed by atoms with Crippen LogP contribution in [0.5, 0.6) is 0 Å². The van der Waals surface area contributed by atoms with E-state index in [9.17, 15) is 8.42 Å². The summed E-state index contributed by atoms with van der Waals surface area (Å²) in [5.74, 6) is 1.31. The second-order valence-electron chi connectivity index (χ2n) is 8.19. The van der Waals surface area contributed by atoms with Crippen LogP contribution in [0.25, 0.3) is 0 Å². The maximum Gasteiger partial charge on any atom is 0.211 e. The molecule has 0 saturated carbocycles. The molecule has 0 bridgehead atoms. The zero-order chi connectivity index (χ0) is 20.7. The summed E-state index contributed by atoms with van der Waals surface area (Å²) >= 11 is 0. The number of rotatable bonds is 7. The van der Waals surface area contributed by atoms with Gasteiger partial charge >= 0.3 is 0 Å². The van der Waals surface area contributed by atoms with Crippen molar-refractivity contribution in [2.45, 2.75) is 38.3 Å². The first-order chi connectivity index (χ1) is 14.0. The van der Waals surface area contributed by atoms with Crippen molar-refractivity contribution in [3.05, 3.63) is 35.9 Å². The minimum absolute atomic E-state index is 0.479. The van der Waals surface area contributed by atoms with Crippen LogP contribution >= 0.6 is 0 Å². The van der Waals surface area contributed by atoms with Crippen LogP contribution in [0.4, 0.5) is 0 Å². The Morgan fingerprint density at radius 1 is 1.07 bits per heavy atom. The number of hydrogen-bond donors (Lipinski definition) is 2. The van der Waals surface area contributed by atoms with Crippen LogP contribution in [0.1, 0.15) is 31.2 Å². The molecule has 162 valence electrons. The Morgan fingerprint density at radius 3 is 2.41 bits per heavy atom. The number of sulfonamides is 1. The molecule has 2 fully saturated rings. The van der Waals surface area contributed by atoms with E-state index in [4.69, 9.17) is 0 Å². The zero-order valence-corrected chi connectivity index (χ0v) is 18.5. The van der Waals surface area contributed by atoms with E-state index in [1.54, 1.807) is 11.4 Å². The third-order valence-electron chi connectivity index (χ3n) is 6.06. The fourth-order valence-electron chi connectivity index (χ4n) is 4.27. The molecule has 1 aromatic rings. The fourth-order valence-corrected chi connectivity index (χ4v) is 5.15. The van der Waals surface area contributed by atoms with E-state index in [1.165, 1.54) is 24.7 Å². The van der Waals surface area contributed by atoms with Crippen molar-refractivity contribution < 1.29 is 8.42 Å². The Kier molecular flexibility index (Phi) is 7.91. The van der Waals surface area contributed by atoms with Crippen molar-refractivity contribution in [3.63, 3.8) is 0 Å². The molecule has 1 atom stereocenters. The van der Waals surface area contributed by atoms with Crippen LogP contribution < -0.4 is 10.6 Å². The Hall–Kier alpha value is -1.64. The molecule has 1 unspecified atom stereocenters. The Balaban J connectivity index is 1.40. The topological polar surface area (TPSA) is 77.0 Å². The van der Waals surface area contributed by atoms with Crippen molar-refractivity contribution in [2.24, 2.45) is 10.9 Å². The monoisotopic (exact) mass is 421 g/mol. The minimum atomic E-state index is -3.06. The molecule has 8 heteroatoms. The van der Waals surface area contributed by atoms with Gasteiger partial charge in [0.25, 0.3) is 0 Å². The van der Waals surface area contributed by atoms with Crippen LogP contribution in [0.2, 0.25) is 0 Å². The van der Waals surface area contributed by atoms with Gasteiger partial charge in [-0.15, -0.1) is 0 Å². The van der Waals surface area contributed by atoms with Gasteiger partial charge in [-0.25, -0.2) is 12.7 Å². The summed E-state index contributed by atoms with van der Waals surface area (Å²) in [6.07, 6.45) is 5.53. The molecule has 7 nitrogen and oxygen atoms in total. The minimum Gasteiger partial charge on any atom is -0.356 e. The van der Waals surface area contributed by atoms with Crippen LogP contribution in [0.3, 0.4) is 0 Å². The molecule has 2 aliphatic heterocycles. The molecule has 29 heavy (non-hydrogen) atoms. The number of guanidine groups is 1. The van der Waals surface area contributed by atoms with Gasteiger partial charge in [0.15, 0.2) is 5.96 Å². The number of likely N-dealkylation sites (tertiary alicyclic amines) is 1. The summed E-state index contributed by atoms with van der Waals surface area (Å²) in [5, 5.41) is 6.92. The first-order valence-corrected chi connectivity index (χ1v) is 12.5. The Bertz CT molecular complexity index is 761. The van der Waals surface area contributed by atoms with Gasteiger partial charge in [0, 0.05) is 45.8 Å². The van der Waals surface area contributed by atoms with E-state index in [0.29, 0.717) is 25.0 Å². The van der Waals surface area contributed by atoms with E-state index >= 15 is 0 Å². The summed E-state index contributed by atoms with van der Waals surface area (Å²) in [6.45, 7) is 5.10. The van der Waals surface area contributed by atoms with E-state index < -0.39 is 10.0 Å². The molecular weight excluding hydrogens is 386 g/mol. The molecule has 3 rings (SSSR count). The van der Waals surface area contributed by atoms with Gasteiger partial charge in [-0.2, -0.15) is 0 Å². The predicted molar refractivity (Wildman–Crippen MR) is 118 cm³/mol. The highest BCUT2D eigenvalue weighted by atomic mass is 32.2. The average Bonchev–Trinajstić information content (AvgIpc) is 3.15. The second-order valence-corrected chi connectivity index (χ2v) is 10.2. The quantitative estimate of drug-likeness (QED) is 0.515. The van der Waals surface area contributed by atoms with Crippen molar-refractivity contribution in [1.82, 2.24) is 19.8 Å². The third-order valence-corrected chi connectivity index (χ3v) is 7.36. The van der Waals surface area contributed by atoms with Crippen LogP contribution in [0.15, 0.2) is 35.3 Å². The smallest absolute Gasteiger partial charge is 0.211 e. The Labute approximate surface area is 175 Å². The summed E-state index contributed by atoms with van der Waals surface area (Å²) in [5.41, 5.74) is 1.36. The molecule has 0 aliphatic carbocycles. The molecular formula is C21H35N5O2S. The maximum atomic E-state index is 11.6. The van der Waals surface area contributed by atoms with Crippen LogP contribution in [0, 0.1) is 5.92 Å². The molecule has 0 amide bonds. The van der Waals surface area contributed by atoms with E-state index in [1.807, 2.05) is 0 Å². The van der Waals surface area contributed by atoms with E-state index in [2.05, 4.69) is 50.9 Å². The summed E-state index contributed by atoms with van der Waals surface area (Å²) in [6, 6.07) is 11.2. The van der Waals surface area contributed by atoms with E-state index in [-0.39, 0.29) is 0 Å². The number of hydrogen-bond acceptors (Lipinski definition) is 4. The molecule has 0 radical (unpaired) electrons. The standard InChI is InChI=1S/C21H35N5O2S/c1-22-21(23-15-18-10-13-26(14-11-18)29(2,27)28)24-16-20-9-6-12-25(20)17-19-7-4-3-5-8-19/h3-5,7-8,18,20H,6,9-17H2,1-2H3,(H2,22,23,24). The van der Waals surface area contributed by atoms with Gasteiger partial charge in [-0.3, -0.25) is 9.89 Å². The third kappa shape index (κ3) is 6.69. The van der Waals surface area contributed by atoms with Crippen molar-refractivity contribution in [3.8, 4) is 0 Å². The molecule has 2 saturated heterocycles. The predicted octanol–water partition coefficient (Wildman–Crippen LogP) is 1.49. The molecule has 2 aliphatic rings. The first-order valence-electron chi connectivity index (χ1n) is 10.6. The fraction of sp³-hybridized carbons (Fsp3) is 0.667. The van der Waals surface area contributed by atoms with Gasteiger partial charge in [0.1, 0.15) is 0 Å². The second kappa shape index (κ2) is 10.4. The highest BCUT2D eigenvalue weighted by Gasteiger charge is 2.26. The number of piperidine rings is 1. The van der Waals surface area contributed by atoms with Crippen molar-refractivity contribution >= 4 is 16.0 Å². The van der Waals surface area contributed by atoms with Gasteiger partial charge in [-0.1, -0.05) is 30.3 Å². The molecule has 0 aromatic heterocycles. The SMILES string of the molecule is CN=C(NCC1CCN(S(C)(=O)=O)CC1)NCC1CCCN1Cc1ccccc1. The molecule has 2 N–H and O–H groups in total. The number of nitrogens with zero attached hydrogens (tertiary/aromatic N) is 3. The van der Waals surface area contributed by atoms with Gasteiger partial charge in [0.05, 0.1) is 6.26 Å². The normalized spacial score (nSPS) is 22.7. The number of benzene rings is 1. The lowest BCUT2D eigenvalue weighted by Crippen LogP contribution is -2.47. The Morgan fingerprint density at radius 2 is 1.76 bits per heavy atom. The maximum absolute atomic E-state index is 11.6. The lowest BCUT2D eigenvalue weighted by molar-refractivity contribution is 0.244. The highest BCUT2D eigenvalue weighted by molar-refractivity contribution is 7.88. The molecule has 0 spiro atoms. The summed E-state index contributed by atoms with van der Waals surface area (Å²) in [4.78, 5) is 6.92. The van der Waals surface area contributed by atoms with Gasteiger partial charge in [-0.05, 0) is 43.7 Å². The van der Waals surface area contributed by atoms with Crippen LogP contribution in [-0.4, -0.2) is 75.7 Å². The number of nitrogens with one attached hydrogen (secondary N) is 2. The van der Waals surface area contributed by atoms with Crippen molar-refractivity contribution in [2.75, 3.05) is 46.0 Å². The average molecular weight is 422 g/mol. The first kappa shape index (κ1) is 22.1. The van der Waals surface area contributed by atoms with Gasteiger partial charge < -0.3 is 10.6 Å². The van der Waals surface area contributed by atoms with E-state index in [0.717, 1.165) is 45.0 Å². The van der Waals surface area contributed by atoms with Gasteiger partial charge in [0.2, 0.25) is 10.0 Å². The largest absolute Gasteiger partial charge is 0.356 e. The lowest BCUT2D eigenvalue weighted by Gasteiger charge is -2.30. The van der Waals surface area contributed by atoms with Crippen molar-refractivity contribution in [1.29, 1.82) is 0 Å². The summed E-state index contributed by atoms with van der Waals surface area (Å²) < 4.78 is 24.9. The van der Waals surface area contributed by atoms with Crippen LogP contribution in [-0.2, 0) is 16.6 Å². The highest BCUT2D eigenvalue weighted by Crippen LogP contribution is 2.20. The zero-order valence-electron chi connectivity index (χ0n) is 17.7. The lowest BCUT2D eigenvalue weighted by atomic mass is 9.98. The molecule has 1 aromatic carbocycles.